The van der Waals surface area contributed by atoms with Gasteiger partial charge in [-0.2, -0.15) is 13.2 Å². The zero-order chi connectivity index (χ0) is 9.35. The summed E-state index contributed by atoms with van der Waals surface area (Å²) in [5, 5.41) is 0. The number of halogens is 3. The molecule has 0 saturated heterocycles. The predicted molar refractivity (Wildman–Crippen MR) is 37.5 cm³/mol. The summed E-state index contributed by atoms with van der Waals surface area (Å²) in [6, 6.07) is 0. The van der Waals surface area contributed by atoms with Crippen molar-refractivity contribution < 1.29 is 18.0 Å². The molecule has 0 bridgehead atoms. The van der Waals surface area contributed by atoms with E-state index in [4.69, 9.17) is 0 Å². The molecule has 1 aliphatic carbocycles. The van der Waals surface area contributed by atoms with Crippen molar-refractivity contribution in [1.82, 2.24) is 0 Å². The van der Waals surface area contributed by atoms with Crippen LogP contribution in [-0.4, -0.2) is 12.0 Å². The Bertz CT molecular complexity index is 201. The fraction of sp³-hybridized carbons (Fsp3) is 0.625. The highest BCUT2D eigenvalue weighted by molar-refractivity contribution is 5.82. The van der Waals surface area contributed by atoms with Gasteiger partial charge in [-0.1, -0.05) is 12.2 Å². The molecular weight excluding hydrogens is 169 g/mol. The van der Waals surface area contributed by atoms with Crippen molar-refractivity contribution in [3.05, 3.63) is 12.2 Å². The summed E-state index contributed by atoms with van der Waals surface area (Å²) in [7, 11) is 0. The Kier molecular flexibility index (Phi) is 2.26. The van der Waals surface area contributed by atoms with E-state index in [0.717, 1.165) is 0 Å². The average molecular weight is 178 g/mol. The second-order valence-corrected chi connectivity index (χ2v) is 3.11. The Hall–Kier alpha value is -0.800. The number of ketones is 1. The highest BCUT2D eigenvalue weighted by atomic mass is 19.4. The lowest BCUT2D eigenvalue weighted by Crippen LogP contribution is -2.29. The van der Waals surface area contributed by atoms with Crippen LogP contribution >= 0.6 is 0 Å². The minimum atomic E-state index is -4.25. The van der Waals surface area contributed by atoms with Crippen LogP contribution in [0.2, 0.25) is 0 Å². The Balaban J connectivity index is 2.68. The van der Waals surface area contributed by atoms with E-state index in [0.29, 0.717) is 5.57 Å². The molecule has 0 aromatic heterocycles. The molecule has 1 fully saturated rings. The molecular formula is C8H9F3O. The Morgan fingerprint density at radius 3 is 2.33 bits per heavy atom. The average Bonchev–Trinajstić information content (AvgIpc) is 1.82. The summed E-state index contributed by atoms with van der Waals surface area (Å²) in [6.07, 6.45) is -4.59. The molecule has 1 saturated carbocycles. The van der Waals surface area contributed by atoms with Gasteiger partial charge in [0.1, 0.15) is 5.78 Å². The van der Waals surface area contributed by atoms with Gasteiger partial charge in [0.05, 0.1) is 5.92 Å². The zero-order valence-corrected chi connectivity index (χ0v) is 6.45. The van der Waals surface area contributed by atoms with Crippen molar-refractivity contribution in [2.75, 3.05) is 0 Å². The van der Waals surface area contributed by atoms with Gasteiger partial charge in [0.15, 0.2) is 0 Å². The second-order valence-electron chi connectivity index (χ2n) is 3.11. The number of hydrogen-bond donors (Lipinski definition) is 0. The molecule has 0 aliphatic heterocycles. The fourth-order valence-corrected chi connectivity index (χ4v) is 1.35. The van der Waals surface area contributed by atoms with Gasteiger partial charge in [-0.15, -0.1) is 0 Å². The molecule has 1 unspecified atom stereocenters. The van der Waals surface area contributed by atoms with Crippen LogP contribution in [0.1, 0.15) is 19.3 Å². The third kappa shape index (κ3) is 2.09. The summed E-state index contributed by atoms with van der Waals surface area (Å²) in [6.45, 7) is 3.41. The minimum absolute atomic E-state index is 0.0881. The molecule has 0 spiro atoms. The van der Waals surface area contributed by atoms with Crippen LogP contribution in [0.4, 0.5) is 13.2 Å². The number of alkyl halides is 3. The van der Waals surface area contributed by atoms with E-state index in [1.165, 1.54) is 0 Å². The first kappa shape index (κ1) is 9.29. The lowest BCUT2D eigenvalue weighted by molar-refractivity contribution is -0.180. The van der Waals surface area contributed by atoms with Gasteiger partial charge in [0, 0.05) is 12.8 Å². The number of Topliss-reactive ketones (excluding diaryl/α,β-unsaturated/α-hetero) is 1. The van der Waals surface area contributed by atoms with Gasteiger partial charge in [0.25, 0.3) is 0 Å². The summed E-state index contributed by atoms with van der Waals surface area (Å²) < 4.78 is 36.3. The van der Waals surface area contributed by atoms with Gasteiger partial charge in [0.2, 0.25) is 0 Å². The maximum Gasteiger partial charge on any atom is 0.392 e. The quantitative estimate of drug-likeness (QED) is 0.521. The second kappa shape index (κ2) is 2.92. The van der Waals surface area contributed by atoms with Crippen LogP contribution in [0.25, 0.3) is 0 Å². The molecule has 0 amide bonds. The molecule has 0 N–H and O–H groups in total. The van der Waals surface area contributed by atoms with Crippen LogP contribution in [0.15, 0.2) is 12.2 Å². The largest absolute Gasteiger partial charge is 0.392 e. The van der Waals surface area contributed by atoms with Crippen molar-refractivity contribution in [2.24, 2.45) is 5.92 Å². The first-order valence-corrected chi connectivity index (χ1v) is 3.64. The van der Waals surface area contributed by atoms with E-state index in [9.17, 15) is 18.0 Å². The van der Waals surface area contributed by atoms with Crippen molar-refractivity contribution in [3.63, 3.8) is 0 Å². The Labute approximate surface area is 68.3 Å². The summed E-state index contributed by atoms with van der Waals surface area (Å²) in [4.78, 5) is 10.8. The molecule has 4 heteroatoms. The SMILES string of the molecule is C=C1CC(=O)CC(C(F)(F)F)C1. The Morgan fingerprint density at radius 1 is 1.33 bits per heavy atom. The topological polar surface area (TPSA) is 17.1 Å². The number of allylic oxidation sites excluding steroid dienone is 1. The van der Waals surface area contributed by atoms with Gasteiger partial charge < -0.3 is 0 Å². The third-order valence-electron chi connectivity index (χ3n) is 1.92. The van der Waals surface area contributed by atoms with Crippen LogP contribution in [0.3, 0.4) is 0 Å². The first-order valence-electron chi connectivity index (χ1n) is 3.64. The van der Waals surface area contributed by atoms with E-state index in [1.54, 1.807) is 0 Å². The molecule has 1 atom stereocenters. The Morgan fingerprint density at radius 2 is 1.92 bits per heavy atom. The van der Waals surface area contributed by atoms with E-state index in [2.05, 4.69) is 6.58 Å². The summed E-state index contributed by atoms with van der Waals surface area (Å²) in [5.74, 6) is -1.85. The van der Waals surface area contributed by atoms with E-state index in [-0.39, 0.29) is 25.0 Å². The van der Waals surface area contributed by atoms with Gasteiger partial charge in [-0.05, 0) is 6.42 Å². The molecule has 1 aliphatic rings. The molecule has 12 heavy (non-hydrogen) atoms. The van der Waals surface area contributed by atoms with Crippen molar-refractivity contribution in [3.8, 4) is 0 Å². The molecule has 0 heterocycles. The van der Waals surface area contributed by atoms with Crippen LogP contribution in [0.5, 0.6) is 0 Å². The predicted octanol–water partition coefficient (Wildman–Crippen LogP) is 2.47. The summed E-state index contributed by atoms with van der Waals surface area (Å²) >= 11 is 0. The maximum absolute atomic E-state index is 12.1. The maximum atomic E-state index is 12.1. The van der Waals surface area contributed by atoms with Crippen LogP contribution in [0, 0.1) is 5.92 Å². The molecule has 0 radical (unpaired) electrons. The van der Waals surface area contributed by atoms with E-state index >= 15 is 0 Å². The van der Waals surface area contributed by atoms with Crippen molar-refractivity contribution in [1.29, 1.82) is 0 Å². The molecule has 1 rings (SSSR count). The van der Waals surface area contributed by atoms with Crippen LogP contribution in [-0.2, 0) is 4.79 Å². The number of rotatable bonds is 0. The smallest absolute Gasteiger partial charge is 0.299 e. The molecule has 0 aromatic carbocycles. The van der Waals surface area contributed by atoms with Gasteiger partial charge >= 0.3 is 6.18 Å². The highest BCUT2D eigenvalue weighted by Crippen LogP contribution is 2.37. The van der Waals surface area contributed by atoms with Gasteiger partial charge in [-0.25, -0.2) is 0 Å². The zero-order valence-electron chi connectivity index (χ0n) is 6.45. The van der Waals surface area contributed by atoms with Crippen LogP contribution < -0.4 is 0 Å². The number of carbonyl (C=O) groups excluding carboxylic acids is 1. The fourth-order valence-electron chi connectivity index (χ4n) is 1.35. The van der Waals surface area contributed by atoms with Crippen molar-refractivity contribution in [2.45, 2.75) is 25.4 Å². The minimum Gasteiger partial charge on any atom is -0.299 e. The monoisotopic (exact) mass is 178 g/mol. The summed E-state index contributed by atoms with van der Waals surface area (Å²) in [5.41, 5.74) is 0.397. The molecule has 0 aromatic rings. The van der Waals surface area contributed by atoms with E-state index < -0.39 is 12.1 Å². The van der Waals surface area contributed by atoms with E-state index in [1.807, 2.05) is 0 Å². The lowest BCUT2D eigenvalue weighted by atomic mass is 9.85. The molecule has 68 valence electrons. The van der Waals surface area contributed by atoms with Crippen molar-refractivity contribution >= 4 is 5.78 Å². The normalized spacial score (nSPS) is 26.1. The third-order valence-corrected chi connectivity index (χ3v) is 1.92. The standard InChI is InChI=1S/C8H9F3O/c1-5-2-6(8(9,10)11)4-7(12)3-5/h6H,1-4H2. The highest BCUT2D eigenvalue weighted by Gasteiger charge is 2.42. The molecule has 1 nitrogen and oxygen atoms in total. The van der Waals surface area contributed by atoms with Gasteiger partial charge in [-0.3, -0.25) is 4.79 Å². The first-order chi connectivity index (χ1) is 5.39. The lowest BCUT2D eigenvalue weighted by Gasteiger charge is -2.24. The number of carbonyl (C=O) groups is 1. The number of hydrogen-bond acceptors (Lipinski definition) is 1.